The van der Waals surface area contributed by atoms with E-state index in [0.29, 0.717) is 30.4 Å². The number of nitrogens with two attached hydrogens (primary N) is 1. The van der Waals surface area contributed by atoms with Gasteiger partial charge in [0.2, 0.25) is 47.1 Å². The molecule has 6 atom stereocenters. The van der Waals surface area contributed by atoms with Crippen molar-refractivity contribution in [3.05, 3.63) is 35.4 Å². The van der Waals surface area contributed by atoms with Crippen LogP contribution in [-0.4, -0.2) is 129 Å². The number of aryl methyl sites for hydroxylation is 1. The fourth-order valence-electron chi connectivity index (χ4n) is 6.60. The highest BCUT2D eigenvalue weighted by molar-refractivity contribution is 6.37. The molecule has 0 radical (unpaired) electrons. The quantitative estimate of drug-likeness (QED) is 0.0305. The molecule has 23 heteroatoms. The number of ketones is 1. The predicted molar refractivity (Wildman–Crippen MR) is 238 cm³/mol. The minimum absolute atomic E-state index is 0.0563. The minimum Gasteiger partial charge on any atom is -0.481 e. The van der Waals surface area contributed by atoms with Gasteiger partial charge >= 0.3 is 17.9 Å². The number of Topliss-reactive ketones (excluding diaryl/α,β-unsaturated/α-hetero) is 1. The van der Waals surface area contributed by atoms with Crippen molar-refractivity contribution in [2.45, 2.75) is 154 Å². The van der Waals surface area contributed by atoms with Crippen LogP contribution in [0.1, 0.15) is 116 Å². The Kier molecular flexibility index (Phi) is 26.3. The van der Waals surface area contributed by atoms with Crippen LogP contribution in [0.2, 0.25) is 0 Å². The molecule has 0 aliphatic carbocycles. The van der Waals surface area contributed by atoms with Crippen LogP contribution < -0.4 is 43.0 Å². The number of rotatable bonds is 33. The molecular weight excluding hydrogens is 881 g/mol. The lowest BCUT2D eigenvalue weighted by atomic mass is 9.98. The smallest absolute Gasteiger partial charge is 0.305 e. The van der Waals surface area contributed by atoms with Crippen molar-refractivity contribution < 1.29 is 72.9 Å². The number of hydrogen-bond donors (Lipinski definition) is 11. The van der Waals surface area contributed by atoms with Crippen molar-refractivity contribution in [2.75, 3.05) is 6.54 Å². The van der Waals surface area contributed by atoms with E-state index in [1.54, 1.807) is 45.0 Å². The molecule has 1 aromatic carbocycles. The van der Waals surface area contributed by atoms with Crippen LogP contribution in [0.3, 0.4) is 0 Å². The van der Waals surface area contributed by atoms with Crippen LogP contribution in [0, 0.1) is 12.8 Å². The summed E-state index contributed by atoms with van der Waals surface area (Å²) in [6.45, 7) is 8.64. The highest BCUT2D eigenvalue weighted by atomic mass is 16.4. The molecule has 0 aliphatic rings. The molecule has 1 rings (SSSR count). The predicted octanol–water partition coefficient (Wildman–Crippen LogP) is -0.752. The minimum atomic E-state index is -1.83. The van der Waals surface area contributed by atoms with Gasteiger partial charge in [-0.15, -0.1) is 0 Å². The average Bonchev–Trinajstić information content (AvgIpc) is 3.24. The van der Waals surface area contributed by atoms with Gasteiger partial charge in [-0.3, -0.25) is 57.5 Å². The van der Waals surface area contributed by atoms with E-state index in [0.717, 1.165) is 0 Å². The van der Waals surface area contributed by atoms with Crippen molar-refractivity contribution in [1.82, 2.24) is 37.2 Å². The number of carbonyl (C=O) groups excluding carboxylic acids is 9. The Balaban J connectivity index is 3.66. The van der Waals surface area contributed by atoms with E-state index >= 15 is 0 Å². The third-order valence-corrected chi connectivity index (χ3v) is 10.2. The van der Waals surface area contributed by atoms with Gasteiger partial charge in [-0.25, -0.2) is 0 Å². The van der Waals surface area contributed by atoms with Crippen LogP contribution in [-0.2, 0) is 64.0 Å². The second-order valence-electron chi connectivity index (χ2n) is 16.5. The van der Waals surface area contributed by atoms with Gasteiger partial charge in [-0.05, 0) is 62.5 Å². The number of nitrogens with one attached hydrogen (secondary N) is 7. The maximum absolute atomic E-state index is 14.4. The molecule has 0 aromatic heterocycles. The zero-order valence-electron chi connectivity index (χ0n) is 38.6. The second-order valence-corrected chi connectivity index (χ2v) is 16.5. The Hall–Kier alpha value is -6.94. The summed E-state index contributed by atoms with van der Waals surface area (Å²) >= 11 is 0. The number of hydrogen-bond acceptors (Lipinski definition) is 12. The van der Waals surface area contributed by atoms with E-state index in [-0.39, 0.29) is 50.5 Å². The zero-order chi connectivity index (χ0) is 50.8. The van der Waals surface area contributed by atoms with Crippen molar-refractivity contribution >= 4 is 70.9 Å². The molecule has 0 bridgehead atoms. The van der Waals surface area contributed by atoms with Crippen LogP contribution in [0.4, 0.5) is 0 Å². The standard InChI is InChI=1S/C44H66N8O15/c1-6-7-14-28(38(61)39(45)62)48-42(65)31(21-24(2)3)51-40(63)29(15-10-11-20-46-26(5)53)49-43(66)32(22-27-13-9-8-12-25(27)4)52-41(64)30(16-18-35(55)56)50-44(67)33(23-37(59)60)47-34(54)17-19-36(57)58/h8-9,12-13,24,28-33H,6-7,10-11,14-23H2,1-5H3,(H2,45,62)(H,46,53)(H,47,54)(H,48,65)(H,49,66)(H,50,67)(H,51,63)(H,52,64)(H,55,56)(H,57,58)(H,59,60)/t28?,29-,30-,31-,32-,33-/m0/s1. The van der Waals surface area contributed by atoms with Crippen LogP contribution in [0.5, 0.6) is 0 Å². The van der Waals surface area contributed by atoms with E-state index in [2.05, 4.69) is 37.2 Å². The Bertz CT molecular complexity index is 1940. The summed E-state index contributed by atoms with van der Waals surface area (Å²) < 4.78 is 0. The largest absolute Gasteiger partial charge is 0.481 e. The summed E-state index contributed by atoms with van der Waals surface area (Å²) in [5.74, 6) is -13.0. The molecule has 0 saturated heterocycles. The van der Waals surface area contributed by atoms with Crippen molar-refractivity contribution in [2.24, 2.45) is 11.7 Å². The van der Waals surface area contributed by atoms with Crippen LogP contribution >= 0.6 is 0 Å². The number of primary amides is 1. The first-order chi connectivity index (χ1) is 31.4. The topological polar surface area (TPSA) is 376 Å². The van der Waals surface area contributed by atoms with Gasteiger partial charge in [-0.2, -0.15) is 0 Å². The number of carboxylic acid groups (broad SMARTS) is 3. The normalized spacial score (nSPS) is 13.5. The highest BCUT2D eigenvalue weighted by Gasteiger charge is 2.35. The second kappa shape index (κ2) is 30.3. The zero-order valence-corrected chi connectivity index (χ0v) is 38.6. The molecule has 23 nitrogen and oxygen atoms in total. The molecule has 372 valence electrons. The lowest BCUT2D eigenvalue weighted by molar-refractivity contribution is -0.142. The van der Waals surface area contributed by atoms with Crippen molar-refractivity contribution in [3.63, 3.8) is 0 Å². The summed E-state index contributed by atoms with van der Waals surface area (Å²) in [5.41, 5.74) is 6.47. The first-order valence-corrected chi connectivity index (χ1v) is 22.0. The first-order valence-electron chi connectivity index (χ1n) is 22.0. The molecule has 0 fully saturated rings. The van der Waals surface area contributed by atoms with Gasteiger partial charge in [0.15, 0.2) is 0 Å². The number of carboxylic acids is 3. The molecule has 0 spiro atoms. The SMILES string of the molecule is CCCCC(NC(=O)[C@H](CC(C)C)NC(=O)[C@H](CCCCNC(C)=O)NC(=O)[C@H](Cc1ccccc1C)NC(=O)[C@H](CCC(=O)O)NC(=O)[C@H](CC(=O)O)NC(=O)CCC(=O)O)C(=O)C(N)=O. The van der Waals surface area contributed by atoms with E-state index in [1.165, 1.54) is 6.92 Å². The third-order valence-electron chi connectivity index (χ3n) is 10.2. The molecule has 8 amide bonds. The fourth-order valence-corrected chi connectivity index (χ4v) is 6.60. The lowest BCUT2D eigenvalue weighted by Gasteiger charge is -2.28. The molecular formula is C44H66N8O15. The summed E-state index contributed by atoms with van der Waals surface area (Å²) in [4.78, 5) is 152. The number of benzene rings is 1. The Morgan fingerprint density at radius 3 is 1.63 bits per heavy atom. The van der Waals surface area contributed by atoms with E-state index in [1.807, 2.05) is 6.92 Å². The third kappa shape index (κ3) is 23.7. The van der Waals surface area contributed by atoms with Gasteiger partial charge in [0.1, 0.15) is 30.2 Å². The Morgan fingerprint density at radius 1 is 0.582 bits per heavy atom. The maximum Gasteiger partial charge on any atom is 0.305 e. The average molecular weight is 947 g/mol. The van der Waals surface area contributed by atoms with E-state index in [4.69, 9.17) is 10.8 Å². The molecule has 0 saturated carbocycles. The molecule has 1 unspecified atom stereocenters. The van der Waals surface area contributed by atoms with Gasteiger partial charge < -0.3 is 58.3 Å². The van der Waals surface area contributed by atoms with Gasteiger partial charge in [0, 0.05) is 32.7 Å². The molecule has 12 N–H and O–H groups in total. The Labute approximate surface area is 388 Å². The number of aliphatic carboxylic acids is 3. The summed E-state index contributed by atoms with van der Waals surface area (Å²) in [5, 5.41) is 45.1. The van der Waals surface area contributed by atoms with Crippen LogP contribution in [0.15, 0.2) is 24.3 Å². The molecule has 0 heterocycles. The summed E-state index contributed by atoms with van der Waals surface area (Å²) in [6, 6.07) is -2.27. The maximum atomic E-state index is 14.4. The van der Waals surface area contributed by atoms with Crippen molar-refractivity contribution in [3.8, 4) is 0 Å². The number of carbonyl (C=O) groups is 12. The molecule has 67 heavy (non-hydrogen) atoms. The number of amides is 8. The number of unbranched alkanes of at least 4 members (excludes halogenated alkanes) is 2. The fraction of sp³-hybridized carbons (Fsp3) is 0.591. The van der Waals surface area contributed by atoms with Crippen LogP contribution in [0.25, 0.3) is 0 Å². The van der Waals surface area contributed by atoms with Gasteiger partial charge in [0.25, 0.3) is 5.91 Å². The summed E-state index contributed by atoms with van der Waals surface area (Å²) in [7, 11) is 0. The highest BCUT2D eigenvalue weighted by Crippen LogP contribution is 2.14. The van der Waals surface area contributed by atoms with Gasteiger partial charge in [-0.1, -0.05) is 57.9 Å². The van der Waals surface area contributed by atoms with Gasteiger partial charge in [0.05, 0.1) is 18.9 Å². The molecule has 0 aliphatic heterocycles. The first kappa shape index (κ1) is 58.1. The monoisotopic (exact) mass is 946 g/mol. The molecule has 1 aromatic rings. The Morgan fingerprint density at radius 2 is 1.09 bits per heavy atom. The van der Waals surface area contributed by atoms with E-state index < -0.39 is 133 Å². The summed E-state index contributed by atoms with van der Waals surface area (Å²) in [6.07, 6.45) is -1.99. The van der Waals surface area contributed by atoms with Crippen molar-refractivity contribution in [1.29, 1.82) is 0 Å². The van der Waals surface area contributed by atoms with E-state index in [9.17, 15) is 67.7 Å². The lowest BCUT2D eigenvalue weighted by Crippen LogP contribution is -2.60.